The normalized spacial score (nSPS) is 20.1. The van der Waals surface area contributed by atoms with E-state index in [-0.39, 0.29) is 24.2 Å². The SMILES string of the molecule is CN=Cc1ccc([C@H]2C[C@@H](C)CN(C(=O)C[C@@H](CF)CCN(C)CCF)C2)c2cccnc12. The van der Waals surface area contributed by atoms with Crippen molar-refractivity contribution in [2.24, 2.45) is 16.8 Å². The minimum atomic E-state index is -0.529. The van der Waals surface area contributed by atoms with E-state index in [1.165, 1.54) is 5.56 Å². The molecule has 1 aromatic carbocycles. The van der Waals surface area contributed by atoms with Crippen LogP contribution in [0.25, 0.3) is 10.9 Å². The van der Waals surface area contributed by atoms with Crippen molar-refractivity contribution in [1.29, 1.82) is 0 Å². The van der Waals surface area contributed by atoms with Gasteiger partial charge in [-0.15, -0.1) is 0 Å². The van der Waals surface area contributed by atoms with Gasteiger partial charge in [0.05, 0.1) is 12.2 Å². The van der Waals surface area contributed by atoms with E-state index in [2.05, 4.69) is 35.1 Å². The third kappa shape index (κ3) is 6.56. The van der Waals surface area contributed by atoms with Gasteiger partial charge >= 0.3 is 0 Å². The summed E-state index contributed by atoms with van der Waals surface area (Å²) < 4.78 is 26.1. The lowest BCUT2D eigenvalue weighted by molar-refractivity contribution is -0.134. The summed E-state index contributed by atoms with van der Waals surface area (Å²) in [7, 11) is 3.57. The summed E-state index contributed by atoms with van der Waals surface area (Å²) in [6.45, 7) is 3.49. The van der Waals surface area contributed by atoms with Gasteiger partial charge in [-0.05, 0) is 49.9 Å². The van der Waals surface area contributed by atoms with Crippen molar-refractivity contribution in [2.45, 2.75) is 32.1 Å². The second-order valence-corrected chi connectivity index (χ2v) is 9.37. The quantitative estimate of drug-likeness (QED) is 0.493. The van der Waals surface area contributed by atoms with Gasteiger partial charge in [-0.2, -0.15) is 0 Å². The highest BCUT2D eigenvalue weighted by molar-refractivity contribution is 5.99. The Morgan fingerprint density at radius 2 is 2.12 bits per heavy atom. The molecule has 1 aromatic heterocycles. The number of halogens is 2. The lowest BCUT2D eigenvalue weighted by Crippen LogP contribution is -2.43. The van der Waals surface area contributed by atoms with Gasteiger partial charge in [0, 0.05) is 62.4 Å². The first-order valence-electron chi connectivity index (χ1n) is 11.8. The number of aliphatic imine (C=N–C) groups is 1. The number of alkyl halides is 2. The van der Waals surface area contributed by atoms with Crippen molar-refractivity contribution in [1.82, 2.24) is 14.8 Å². The zero-order chi connectivity index (χ0) is 23.8. The second-order valence-electron chi connectivity index (χ2n) is 9.37. The summed E-state index contributed by atoms with van der Waals surface area (Å²) in [5.41, 5.74) is 3.11. The Bertz CT molecular complexity index is 951. The monoisotopic (exact) mass is 458 g/mol. The fourth-order valence-corrected chi connectivity index (χ4v) is 4.87. The molecule has 1 saturated heterocycles. The molecule has 180 valence electrons. The zero-order valence-corrected chi connectivity index (χ0v) is 20.0. The smallest absolute Gasteiger partial charge is 0.222 e. The fraction of sp³-hybridized carbons (Fsp3) is 0.577. The van der Waals surface area contributed by atoms with Crippen LogP contribution in [-0.2, 0) is 4.79 Å². The van der Waals surface area contributed by atoms with E-state index in [1.54, 1.807) is 13.2 Å². The predicted octanol–water partition coefficient (Wildman–Crippen LogP) is 4.50. The van der Waals surface area contributed by atoms with Crippen molar-refractivity contribution in [3.63, 3.8) is 0 Å². The first kappa shape index (κ1) is 25.2. The number of likely N-dealkylation sites (tertiary alicyclic amines) is 1. The lowest BCUT2D eigenvalue weighted by Gasteiger charge is -2.38. The summed E-state index contributed by atoms with van der Waals surface area (Å²) in [4.78, 5) is 25.6. The Labute approximate surface area is 195 Å². The largest absolute Gasteiger partial charge is 0.342 e. The number of carbonyl (C=O) groups is 1. The van der Waals surface area contributed by atoms with Gasteiger partial charge in [0.15, 0.2) is 0 Å². The minimum absolute atomic E-state index is 0.0134. The van der Waals surface area contributed by atoms with Crippen molar-refractivity contribution in [3.8, 4) is 0 Å². The summed E-state index contributed by atoms with van der Waals surface area (Å²) >= 11 is 0. The van der Waals surface area contributed by atoms with Crippen molar-refractivity contribution >= 4 is 23.0 Å². The van der Waals surface area contributed by atoms with Crippen molar-refractivity contribution in [3.05, 3.63) is 41.6 Å². The summed E-state index contributed by atoms with van der Waals surface area (Å²) in [5, 5.41) is 1.10. The van der Waals surface area contributed by atoms with Gasteiger partial charge in [0.1, 0.15) is 6.67 Å². The summed E-state index contributed by atoms with van der Waals surface area (Å²) in [6, 6.07) is 8.22. The van der Waals surface area contributed by atoms with Gasteiger partial charge in [-0.1, -0.05) is 25.1 Å². The number of carbonyl (C=O) groups excluding carboxylic acids is 1. The molecule has 2 aromatic rings. The number of nitrogens with zero attached hydrogens (tertiary/aromatic N) is 4. The van der Waals surface area contributed by atoms with Gasteiger partial charge in [-0.3, -0.25) is 19.2 Å². The van der Waals surface area contributed by atoms with Gasteiger partial charge in [-0.25, -0.2) is 4.39 Å². The molecular weight excluding hydrogens is 422 g/mol. The van der Waals surface area contributed by atoms with E-state index in [0.29, 0.717) is 38.5 Å². The summed E-state index contributed by atoms with van der Waals surface area (Å²) in [6.07, 6.45) is 5.37. The van der Waals surface area contributed by atoms with Crippen LogP contribution in [-0.4, -0.2) is 80.5 Å². The maximum Gasteiger partial charge on any atom is 0.222 e. The standard InChI is InChI=1S/C26H36F2N4O/c1-19-13-22(23-7-6-21(16-29-2)26-24(23)5-4-10-30-26)18-32(17-19)25(33)14-20(15-28)8-11-31(3)12-9-27/h4-7,10,16,19-20,22H,8-9,11-15,17-18H2,1-3H3/t19-,20+,22+/m1/s1. The number of hydrogen-bond donors (Lipinski definition) is 0. The van der Waals surface area contributed by atoms with Crippen LogP contribution in [0, 0.1) is 11.8 Å². The molecule has 0 radical (unpaired) electrons. The number of pyridine rings is 1. The number of hydrogen-bond acceptors (Lipinski definition) is 4. The first-order valence-corrected chi connectivity index (χ1v) is 11.8. The highest BCUT2D eigenvalue weighted by Gasteiger charge is 2.31. The highest BCUT2D eigenvalue weighted by atomic mass is 19.1. The number of aromatic nitrogens is 1. The van der Waals surface area contributed by atoms with Crippen LogP contribution in [0.5, 0.6) is 0 Å². The topological polar surface area (TPSA) is 48.8 Å². The van der Waals surface area contributed by atoms with Crippen molar-refractivity contribution in [2.75, 3.05) is 53.6 Å². The molecular formula is C26H36F2N4O. The molecule has 0 spiro atoms. The van der Waals surface area contributed by atoms with Crippen LogP contribution in [0.15, 0.2) is 35.5 Å². The molecule has 1 amide bonds. The van der Waals surface area contributed by atoms with Crippen LogP contribution in [0.2, 0.25) is 0 Å². The molecule has 33 heavy (non-hydrogen) atoms. The minimum Gasteiger partial charge on any atom is -0.342 e. The molecule has 5 nitrogen and oxygen atoms in total. The number of amides is 1. The number of rotatable bonds is 10. The molecule has 3 atom stereocenters. The molecule has 0 N–H and O–H groups in total. The molecule has 3 rings (SSSR count). The Kier molecular flexibility index (Phi) is 9.30. The van der Waals surface area contributed by atoms with Crippen molar-refractivity contribution < 1.29 is 13.6 Å². The highest BCUT2D eigenvalue weighted by Crippen LogP contribution is 2.35. The molecule has 0 saturated carbocycles. The Morgan fingerprint density at radius 3 is 2.85 bits per heavy atom. The third-order valence-corrected chi connectivity index (χ3v) is 6.62. The van der Waals surface area contributed by atoms with Crippen LogP contribution in [0.1, 0.15) is 43.2 Å². The predicted molar refractivity (Wildman–Crippen MR) is 131 cm³/mol. The second kappa shape index (κ2) is 12.2. The number of fused-ring (bicyclic) bond motifs is 1. The maximum absolute atomic E-state index is 13.6. The molecule has 7 heteroatoms. The van der Waals surface area contributed by atoms with E-state index in [4.69, 9.17) is 0 Å². The lowest BCUT2D eigenvalue weighted by atomic mass is 9.83. The average Bonchev–Trinajstić information content (AvgIpc) is 2.81. The van der Waals surface area contributed by atoms with Crippen LogP contribution in [0.4, 0.5) is 8.78 Å². The summed E-state index contributed by atoms with van der Waals surface area (Å²) in [5.74, 6) is 0.250. The van der Waals surface area contributed by atoms with Crippen LogP contribution >= 0.6 is 0 Å². The van der Waals surface area contributed by atoms with Gasteiger partial charge in [0.25, 0.3) is 0 Å². The number of benzene rings is 1. The van der Waals surface area contributed by atoms with Crippen LogP contribution in [0.3, 0.4) is 0 Å². The molecule has 0 unspecified atom stereocenters. The van der Waals surface area contributed by atoms with E-state index >= 15 is 0 Å². The van der Waals surface area contributed by atoms with Gasteiger partial charge in [0.2, 0.25) is 5.91 Å². The van der Waals surface area contributed by atoms with Gasteiger partial charge < -0.3 is 9.80 Å². The maximum atomic E-state index is 13.6. The molecule has 0 bridgehead atoms. The zero-order valence-electron chi connectivity index (χ0n) is 20.0. The number of piperidine rings is 1. The van der Waals surface area contributed by atoms with Crippen LogP contribution < -0.4 is 0 Å². The first-order chi connectivity index (χ1) is 16.0. The molecule has 0 aliphatic carbocycles. The fourth-order valence-electron chi connectivity index (χ4n) is 4.87. The van der Waals surface area contributed by atoms with E-state index < -0.39 is 13.3 Å². The molecule has 1 aliphatic rings. The van der Waals surface area contributed by atoms with E-state index in [0.717, 1.165) is 22.9 Å². The van der Waals surface area contributed by atoms with E-state index in [1.807, 2.05) is 29.1 Å². The third-order valence-electron chi connectivity index (χ3n) is 6.62. The molecule has 1 fully saturated rings. The molecule has 2 heterocycles. The Hall–Kier alpha value is -2.41. The Balaban J connectivity index is 1.73. The Morgan fingerprint density at radius 1 is 1.30 bits per heavy atom. The van der Waals surface area contributed by atoms with E-state index in [9.17, 15) is 13.6 Å². The average molecular weight is 459 g/mol. The molecule has 1 aliphatic heterocycles.